The second kappa shape index (κ2) is 14.4. The maximum absolute atomic E-state index is 11.3. The van der Waals surface area contributed by atoms with Crippen LogP contribution in [-0.2, 0) is 11.2 Å². The molecule has 286 valence electrons. The third-order valence-corrected chi connectivity index (χ3v) is 15.6. The topological polar surface area (TPSA) is 137 Å². The SMILES string of the molecule is C[C@]1([C@H]2CC[C@H](CN=C(N)NCCc3cccc4cocc34)C2)C[C@@H]2C(=CCO)C[C@@]3(CC[C@@H](CC[C@]4(O)CCC[C@H](O)C4)C3)[C@@H]3O[C@]3(C)CC[C@@H]21. The molecular weight excluding hydrogens is 651 g/mol. The molecule has 8 nitrogen and oxygen atoms in total. The number of benzene rings is 1. The van der Waals surface area contributed by atoms with Gasteiger partial charge in [0.05, 0.1) is 42.5 Å². The number of hydrogen-bond acceptors (Lipinski definition) is 6. The van der Waals surface area contributed by atoms with Gasteiger partial charge in [0.15, 0.2) is 5.96 Å². The van der Waals surface area contributed by atoms with E-state index in [-0.39, 0.29) is 23.7 Å². The van der Waals surface area contributed by atoms with Crippen LogP contribution in [0.25, 0.3) is 10.8 Å². The zero-order chi connectivity index (χ0) is 36.1. The molecule has 6 N–H and O–H groups in total. The molecule has 6 aliphatic rings. The molecule has 1 aromatic heterocycles. The van der Waals surface area contributed by atoms with Gasteiger partial charge in [-0.05, 0) is 150 Å². The lowest BCUT2D eigenvalue weighted by molar-refractivity contribution is -0.0697. The van der Waals surface area contributed by atoms with E-state index in [1.54, 1.807) is 6.26 Å². The second-order valence-electron chi connectivity index (χ2n) is 19.0. The lowest BCUT2D eigenvalue weighted by Crippen LogP contribution is -2.51. The number of epoxide rings is 1. The number of guanidine groups is 1. The highest BCUT2D eigenvalue weighted by atomic mass is 16.6. The summed E-state index contributed by atoms with van der Waals surface area (Å²) in [7, 11) is 0. The van der Waals surface area contributed by atoms with Crippen molar-refractivity contribution in [2.75, 3.05) is 19.7 Å². The first-order chi connectivity index (χ1) is 25.0. The van der Waals surface area contributed by atoms with E-state index in [9.17, 15) is 15.3 Å². The number of allylic oxidation sites excluding steroid dienone is 1. The molecule has 5 saturated carbocycles. The quantitative estimate of drug-likeness (QED) is 0.0747. The van der Waals surface area contributed by atoms with Crippen LogP contribution in [0.3, 0.4) is 0 Å². The van der Waals surface area contributed by atoms with E-state index in [4.69, 9.17) is 19.9 Å². The maximum atomic E-state index is 11.3. The van der Waals surface area contributed by atoms with Crippen LogP contribution in [0.4, 0.5) is 0 Å². The van der Waals surface area contributed by atoms with Gasteiger partial charge in [0, 0.05) is 35.7 Å². The molecule has 6 fully saturated rings. The Bertz CT molecular complexity index is 1640. The van der Waals surface area contributed by atoms with E-state index in [0.717, 1.165) is 81.6 Å². The molecule has 8 rings (SSSR count). The Morgan fingerprint density at radius 2 is 1.92 bits per heavy atom. The summed E-state index contributed by atoms with van der Waals surface area (Å²) in [5.74, 6) is 3.61. The third-order valence-electron chi connectivity index (χ3n) is 15.6. The summed E-state index contributed by atoms with van der Waals surface area (Å²) < 4.78 is 12.2. The van der Waals surface area contributed by atoms with Crippen molar-refractivity contribution in [3.8, 4) is 0 Å². The maximum Gasteiger partial charge on any atom is 0.188 e. The highest BCUT2D eigenvalue weighted by Gasteiger charge is 2.67. The minimum Gasteiger partial charge on any atom is -0.471 e. The summed E-state index contributed by atoms with van der Waals surface area (Å²) in [5, 5.41) is 37.5. The Kier molecular flexibility index (Phi) is 10.1. The van der Waals surface area contributed by atoms with Crippen LogP contribution in [0.2, 0.25) is 0 Å². The molecule has 1 aliphatic heterocycles. The highest BCUT2D eigenvalue weighted by Crippen LogP contribution is 2.69. The molecular formula is C44H65N3O5. The summed E-state index contributed by atoms with van der Waals surface area (Å²) in [6.45, 7) is 6.62. The molecule has 52 heavy (non-hydrogen) atoms. The number of rotatable bonds is 10. The molecule has 5 aliphatic carbocycles. The van der Waals surface area contributed by atoms with Gasteiger partial charge in [-0.3, -0.25) is 4.99 Å². The average molecular weight is 716 g/mol. The summed E-state index contributed by atoms with van der Waals surface area (Å²) in [6.07, 6.45) is 23.4. The van der Waals surface area contributed by atoms with Crippen molar-refractivity contribution < 1.29 is 24.5 Å². The first-order valence-corrected chi connectivity index (χ1v) is 20.9. The van der Waals surface area contributed by atoms with Gasteiger partial charge in [0.2, 0.25) is 0 Å². The summed E-state index contributed by atoms with van der Waals surface area (Å²) >= 11 is 0. The molecule has 1 aromatic carbocycles. The minimum absolute atomic E-state index is 0.0429. The van der Waals surface area contributed by atoms with Crippen LogP contribution >= 0.6 is 0 Å². The Balaban J connectivity index is 0.875. The number of aliphatic hydroxyl groups excluding tert-OH is 2. The second-order valence-corrected chi connectivity index (χ2v) is 19.0. The van der Waals surface area contributed by atoms with Gasteiger partial charge in [-0.1, -0.05) is 36.8 Å². The summed E-state index contributed by atoms with van der Waals surface area (Å²) in [4.78, 5) is 4.81. The standard InChI is InChI=1S/C44H65N3O5/c1-41(34-9-8-30(21-34)26-47-40(45)46-19-13-31-5-3-6-33-27-51-28-37(31)33)25-36-32(14-20-48)23-43(39-42(2,52-39)16-12-38(36)41)17-10-29(22-43)11-18-44(50)15-4-7-35(49)24-44/h3,5-6,14,27-30,34-36,38-39,48-50H,4,7-13,15-26H2,1-2H3,(H3,45,46,47)/t29-,30-,34-,35-,36+,38-,39+,41+,42+,43-,44+/m0/s1. The van der Waals surface area contributed by atoms with Crippen LogP contribution in [-0.4, -0.2) is 64.4 Å². The fraction of sp³-hybridized carbons (Fsp3) is 0.750. The zero-order valence-electron chi connectivity index (χ0n) is 31.8. The molecule has 2 heterocycles. The summed E-state index contributed by atoms with van der Waals surface area (Å²) in [6, 6.07) is 6.30. The van der Waals surface area contributed by atoms with E-state index >= 15 is 0 Å². The van der Waals surface area contributed by atoms with Crippen molar-refractivity contribution >= 4 is 16.7 Å². The lowest BCUT2D eigenvalue weighted by Gasteiger charge is -2.58. The lowest BCUT2D eigenvalue weighted by atomic mass is 9.46. The van der Waals surface area contributed by atoms with Crippen LogP contribution in [0.5, 0.6) is 0 Å². The Hall–Kier alpha value is -2.39. The van der Waals surface area contributed by atoms with Crippen molar-refractivity contribution in [3.05, 3.63) is 47.9 Å². The molecule has 0 unspecified atom stereocenters. The van der Waals surface area contributed by atoms with E-state index in [1.807, 2.05) is 6.26 Å². The van der Waals surface area contributed by atoms with Crippen molar-refractivity contribution in [2.45, 2.75) is 146 Å². The minimum atomic E-state index is -0.700. The van der Waals surface area contributed by atoms with Crippen LogP contribution in [0.15, 0.2) is 51.8 Å². The van der Waals surface area contributed by atoms with Crippen LogP contribution < -0.4 is 11.1 Å². The van der Waals surface area contributed by atoms with Crippen LogP contribution in [0.1, 0.15) is 122 Å². The molecule has 1 spiro atoms. The molecule has 0 amide bonds. The average Bonchev–Trinajstić information content (AvgIpc) is 3.57. The zero-order valence-corrected chi connectivity index (χ0v) is 31.8. The predicted molar refractivity (Wildman–Crippen MR) is 206 cm³/mol. The Morgan fingerprint density at radius 1 is 1.04 bits per heavy atom. The molecule has 11 atom stereocenters. The number of nitrogens with zero attached hydrogens (tertiary/aromatic N) is 1. The number of ether oxygens (including phenoxy) is 1. The largest absolute Gasteiger partial charge is 0.471 e. The molecule has 0 radical (unpaired) electrons. The Labute approximate surface area is 311 Å². The van der Waals surface area contributed by atoms with Gasteiger partial charge in [0.25, 0.3) is 0 Å². The molecule has 1 saturated heterocycles. The fourth-order valence-electron chi connectivity index (χ4n) is 12.7. The molecule has 8 heteroatoms. The van der Waals surface area contributed by atoms with E-state index in [2.05, 4.69) is 43.4 Å². The number of aliphatic hydroxyl groups is 3. The van der Waals surface area contributed by atoms with Gasteiger partial charge in [-0.25, -0.2) is 0 Å². The number of hydrogen-bond donors (Lipinski definition) is 5. The first-order valence-electron chi connectivity index (χ1n) is 20.9. The van der Waals surface area contributed by atoms with E-state index in [0.29, 0.717) is 53.5 Å². The van der Waals surface area contributed by atoms with Crippen molar-refractivity contribution in [1.29, 1.82) is 0 Å². The fourth-order valence-corrected chi connectivity index (χ4v) is 12.7. The monoisotopic (exact) mass is 715 g/mol. The van der Waals surface area contributed by atoms with Gasteiger partial charge >= 0.3 is 0 Å². The van der Waals surface area contributed by atoms with Crippen molar-refractivity contribution in [3.63, 3.8) is 0 Å². The normalized spacial score (nSPS) is 42.8. The third kappa shape index (κ3) is 7.11. The Morgan fingerprint density at radius 3 is 2.77 bits per heavy atom. The van der Waals surface area contributed by atoms with Gasteiger partial charge in [-0.2, -0.15) is 0 Å². The molecule has 2 aromatic rings. The van der Waals surface area contributed by atoms with Crippen molar-refractivity contribution in [1.82, 2.24) is 5.32 Å². The van der Waals surface area contributed by atoms with E-state index < -0.39 is 5.60 Å². The number of aliphatic imine (C=N–C) groups is 1. The van der Waals surface area contributed by atoms with Gasteiger partial charge in [0.1, 0.15) is 0 Å². The highest BCUT2D eigenvalue weighted by molar-refractivity contribution is 5.84. The van der Waals surface area contributed by atoms with Crippen molar-refractivity contribution in [2.24, 2.45) is 51.1 Å². The van der Waals surface area contributed by atoms with Gasteiger partial charge in [-0.15, -0.1) is 0 Å². The first kappa shape index (κ1) is 36.6. The van der Waals surface area contributed by atoms with E-state index in [1.165, 1.54) is 56.1 Å². The smallest absolute Gasteiger partial charge is 0.188 e. The van der Waals surface area contributed by atoms with Crippen LogP contribution in [0, 0.1) is 40.4 Å². The number of nitrogens with two attached hydrogens (primary N) is 1. The molecule has 0 bridgehead atoms. The number of furan rings is 1. The number of nitrogens with one attached hydrogen (secondary N) is 1. The summed E-state index contributed by atoms with van der Waals surface area (Å²) in [5.41, 5.74) is 8.81. The predicted octanol–water partition coefficient (Wildman–Crippen LogP) is 7.43. The number of fused-ring (bicyclic) bond motifs is 4. The van der Waals surface area contributed by atoms with Gasteiger partial charge < -0.3 is 35.5 Å².